The number of benzene rings is 1. The summed E-state index contributed by atoms with van der Waals surface area (Å²) in [6.45, 7) is 2.19. The van der Waals surface area contributed by atoms with Crippen LogP contribution in [0.25, 0.3) is 0 Å². The molecule has 4 nitrogen and oxygen atoms in total. The zero-order chi connectivity index (χ0) is 14.8. The molecule has 3 N–H and O–H groups in total. The van der Waals surface area contributed by atoms with Crippen molar-refractivity contribution in [3.63, 3.8) is 0 Å². The molecule has 2 heterocycles. The first-order chi connectivity index (χ1) is 10.1. The summed E-state index contributed by atoms with van der Waals surface area (Å²) in [6, 6.07) is 6.03. The van der Waals surface area contributed by atoms with Crippen molar-refractivity contribution in [2.75, 3.05) is 6.61 Å². The van der Waals surface area contributed by atoms with Gasteiger partial charge in [-0.1, -0.05) is 15.9 Å². The Kier molecular flexibility index (Phi) is 4.28. The monoisotopic (exact) mass is 366 g/mol. The number of hydrogen-bond acceptors (Lipinski definition) is 4. The Morgan fingerprint density at radius 3 is 3.00 bits per heavy atom. The highest BCUT2D eigenvalue weighted by Gasteiger charge is 2.17. The van der Waals surface area contributed by atoms with Gasteiger partial charge in [-0.2, -0.15) is 0 Å². The summed E-state index contributed by atoms with van der Waals surface area (Å²) in [5.74, 6) is 0.630. The summed E-state index contributed by atoms with van der Waals surface area (Å²) in [6.07, 6.45) is 0.967. The molecule has 1 aromatic carbocycles. The summed E-state index contributed by atoms with van der Waals surface area (Å²) < 4.78 is 6.78. The van der Waals surface area contributed by atoms with E-state index < -0.39 is 0 Å². The van der Waals surface area contributed by atoms with Gasteiger partial charge in [-0.25, -0.2) is 0 Å². The van der Waals surface area contributed by atoms with E-state index in [1.54, 1.807) is 5.38 Å². The predicted molar refractivity (Wildman–Crippen MR) is 86.7 cm³/mol. The Balaban J connectivity index is 1.64. The minimum Gasteiger partial charge on any atom is -0.493 e. The molecule has 0 saturated carbocycles. The Morgan fingerprint density at radius 1 is 1.38 bits per heavy atom. The third-order valence-corrected chi connectivity index (χ3v) is 4.77. The molecule has 1 aliphatic rings. The number of amides is 1. The molecule has 1 aromatic heterocycles. The molecule has 3 rings (SSSR count). The van der Waals surface area contributed by atoms with Crippen LogP contribution < -0.4 is 15.8 Å². The summed E-state index contributed by atoms with van der Waals surface area (Å²) in [7, 11) is 0. The van der Waals surface area contributed by atoms with Crippen LogP contribution in [-0.2, 0) is 19.5 Å². The van der Waals surface area contributed by atoms with E-state index in [0.29, 0.717) is 12.1 Å². The molecule has 0 radical (unpaired) electrons. The minimum atomic E-state index is -0.379. The van der Waals surface area contributed by atoms with E-state index in [2.05, 4.69) is 33.4 Å². The normalized spacial score (nSPS) is 13.0. The minimum absolute atomic E-state index is 0.379. The molecule has 0 saturated heterocycles. The number of fused-ring (bicyclic) bond motifs is 1. The van der Waals surface area contributed by atoms with Crippen molar-refractivity contribution in [1.29, 1.82) is 0 Å². The number of ether oxygens (including phenoxy) is 1. The van der Waals surface area contributed by atoms with Crippen molar-refractivity contribution in [3.8, 4) is 5.75 Å². The second kappa shape index (κ2) is 6.17. The molecule has 2 aromatic rings. The van der Waals surface area contributed by atoms with Crippen LogP contribution in [0.2, 0.25) is 0 Å². The largest absolute Gasteiger partial charge is 0.493 e. The molecular weight excluding hydrogens is 352 g/mol. The summed E-state index contributed by atoms with van der Waals surface area (Å²) in [5, 5.41) is 5.18. The number of nitrogens with two attached hydrogens (primary N) is 1. The molecule has 1 amide bonds. The van der Waals surface area contributed by atoms with E-state index >= 15 is 0 Å². The molecule has 0 fully saturated rings. The van der Waals surface area contributed by atoms with Gasteiger partial charge in [0.25, 0.3) is 0 Å². The molecule has 0 spiro atoms. The lowest BCUT2D eigenvalue weighted by Crippen LogP contribution is -2.13. The maximum atomic E-state index is 11.1. The lowest BCUT2D eigenvalue weighted by molar-refractivity contribution is 0.100. The van der Waals surface area contributed by atoms with Crippen molar-refractivity contribution < 1.29 is 9.53 Å². The second-order valence-electron chi connectivity index (χ2n) is 4.92. The molecule has 0 unspecified atom stereocenters. The molecule has 0 bridgehead atoms. The number of hydrogen-bond donors (Lipinski definition) is 2. The summed E-state index contributed by atoms with van der Waals surface area (Å²) in [5.41, 5.74) is 8.24. The SMILES string of the molecule is NC(=O)c1csc(CNCc2cc(Br)cc3c2OCC3)c1. The number of rotatable bonds is 5. The van der Waals surface area contributed by atoms with Crippen molar-refractivity contribution in [3.05, 3.63) is 49.6 Å². The Bertz CT molecular complexity index is 684. The second-order valence-corrected chi connectivity index (χ2v) is 6.83. The van der Waals surface area contributed by atoms with Crippen LogP contribution >= 0.6 is 27.3 Å². The zero-order valence-corrected chi connectivity index (χ0v) is 13.7. The van der Waals surface area contributed by atoms with Crippen LogP contribution in [0, 0.1) is 0 Å². The van der Waals surface area contributed by atoms with E-state index in [1.807, 2.05) is 6.07 Å². The predicted octanol–water partition coefficient (Wildman–Crippen LogP) is 2.83. The summed E-state index contributed by atoms with van der Waals surface area (Å²) in [4.78, 5) is 12.2. The molecule has 21 heavy (non-hydrogen) atoms. The van der Waals surface area contributed by atoms with Gasteiger partial charge in [0.1, 0.15) is 5.75 Å². The van der Waals surface area contributed by atoms with Crippen molar-refractivity contribution >= 4 is 33.2 Å². The Labute approximate surface area is 135 Å². The van der Waals surface area contributed by atoms with Gasteiger partial charge in [-0.3, -0.25) is 4.79 Å². The first kappa shape index (κ1) is 14.6. The highest BCUT2D eigenvalue weighted by atomic mass is 79.9. The van der Waals surface area contributed by atoms with Crippen molar-refractivity contribution in [2.45, 2.75) is 19.5 Å². The van der Waals surface area contributed by atoms with Gasteiger partial charge in [-0.05, 0) is 23.8 Å². The van der Waals surface area contributed by atoms with Crippen molar-refractivity contribution in [2.24, 2.45) is 5.73 Å². The average molecular weight is 367 g/mol. The van der Waals surface area contributed by atoms with E-state index in [4.69, 9.17) is 10.5 Å². The molecule has 0 atom stereocenters. The van der Waals surface area contributed by atoms with Crippen molar-refractivity contribution in [1.82, 2.24) is 5.32 Å². The van der Waals surface area contributed by atoms with Gasteiger partial charge in [0.15, 0.2) is 0 Å². The number of primary amides is 1. The number of carbonyl (C=O) groups is 1. The quantitative estimate of drug-likeness (QED) is 0.854. The van der Waals surface area contributed by atoms with Gasteiger partial charge in [-0.15, -0.1) is 11.3 Å². The smallest absolute Gasteiger partial charge is 0.249 e. The van der Waals surface area contributed by atoms with Gasteiger partial charge < -0.3 is 15.8 Å². The van der Waals surface area contributed by atoms with E-state index in [-0.39, 0.29) is 5.91 Å². The maximum Gasteiger partial charge on any atom is 0.249 e. The first-order valence-corrected chi connectivity index (χ1v) is 8.33. The van der Waals surface area contributed by atoms with E-state index in [9.17, 15) is 4.79 Å². The average Bonchev–Trinajstić information content (AvgIpc) is 3.06. The molecule has 1 aliphatic heterocycles. The maximum absolute atomic E-state index is 11.1. The van der Waals surface area contributed by atoms with Crippen LogP contribution in [0.1, 0.15) is 26.4 Å². The number of nitrogens with one attached hydrogen (secondary N) is 1. The first-order valence-electron chi connectivity index (χ1n) is 6.65. The van der Waals surface area contributed by atoms with Gasteiger partial charge >= 0.3 is 0 Å². The van der Waals surface area contributed by atoms with Gasteiger partial charge in [0, 0.05) is 39.8 Å². The molecule has 110 valence electrons. The highest BCUT2D eigenvalue weighted by molar-refractivity contribution is 9.10. The lowest BCUT2D eigenvalue weighted by atomic mass is 10.1. The van der Waals surface area contributed by atoms with Crippen LogP contribution in [0.5, 0.6) is 5.75 Å². The topological polar surface area (TPSA) is 64.4 Å². The van der Waals surface area contributed by atoms with Crippen LogP contribution in [0.3, 0.4) is 0 Å². The van der Waals surface area contributed by atoms with Crippen LogP contribution in [-0.4, -0.2) is 12.5 Å². The van der Waals surface area contributed by atoms with Gasteiger partial charge in [0.05, 0.1) is 12.2 Å². The molecule has 6 heteroatoms. The van der Waals surface area contributed by atoms with E-state index in [1.165, 1.54) is 16.9 Å². The van der Waals surface area contributed by atoms with Crippen LogP contribution in [0.15, 0.2) is 28.1 Å². The zero-order valence-electron chi connectivity index (χ0n) is 11.3. The number of thiophene rings is 1. The lowest BCUT2D eigenvalue weighted by Gasteiger charge is -2.09. The fourth-order valence-electron chi connectivity index (χ4n) is 2.40. The fraction of sp³-hybridized carbons (Fsp3) is 0.267. The standard InChI is InChI=1S/C15H15BrN2O2S/c16-12-3-9-1-2-20-14(9)10(4-12)6-18-7-13-5-11(8-21-13)15(17)19/h3-5,8,18H,1-2,6-7H2,(H2,17,19). The third-order valence-electron chi connectivity index (χ3n) is 3.38. The Hall–Kier alpha value is -1.37. The van der Waals surface area contributed by atoms with Crippen LogP contribution in [0.4, 0.5) is 0 Å². The number of halogens is 1. The van der Waals surface area contributed by atoms with E-state index in [0.717, 1.165) is 40.2 Å². The fourth-order valence-corrected chi connectivity index (χ4v) is 3.80. The number of carbonyl (C=O) groups excluding carboxylic acids is 1. The Morgan fingerprint density at radius 2 is 2.24 bits per heavy atom. The molecule has 0 aliphatic carbocycles. The third kappa shape index (κ3) is 3.28. The molecular formula is C15H15BrN2O2S. The van der Waals surface area contributed by atoms with Gasteiger partial charge in [0.2, 0.25) is 5.91 Å². The summed E-state index contributed by atoms with van der Waals surface area (Å²) >= 11 is 5.08. The highest BCUT2D eigenvalue weighted by Crippen LogP contribution is 2.32.